The first kappa shape index (κ1) is 24.5. The third-order valence-corrected chi connectivity index (χ3v) is 6.89. The number of esters is 2. The van der Waals surface area contributed by atoms with Crippen molar-refractivity contribution in [1.29, 1.82) is 0 Å². The summed E-state index contributed by atoms with van der Waals surface area (Å²) in [6.45, 7) is 7.92. The molecule has 1 heterocycles. The Hall–Kier alpha value is -3.62. The van der Waals surface area contributed by atoms with Crippen molar-refractivity contribution in [2.75, 3.05) is 18.5 Å². The van der Waals surface area contributed by atoms with Gasteiger partial charge < -0.3 is 19.1 Å². The summed E-state index contributed by atoms with van der Waals surface area (Å²) in [6, 6.07) is 11.1. The van der Waals surface area contributed by atoms with Gasteiger partial charge in [-0.15, -0.1) is 0 Å². The Morgan fingerprint density at radius 2 is 1.91 bits per heavy atom. The fourth-order valence-electron chi connectivity index (χ4n) is 5.07. The Kier molecular flexibility index (Phi) is 6.21. The highest BCUT2D eigenvalue weighted by molar-refractivity contribution is 5.91. The van der Waals surface area contributed by atoms with Gasteiger partial charge in [0.15, 0.2) is 5.75 Å². The lowest BCUT2D eigenvalue weighted by atomic mass is 9.73. The zero-order valence-corrected chi connectivity index (χ0v) is 20.6. The number of nitrogens with zero attached hydrogens (tertiary/aromatic N) is 2. The monoisotopic (exact) mass is 482 g/mol. The summed E-state index contributed by atoms with van der Waals surface area (Å²) in [4.78, 5) is 37.1. The molecule has 0 aromatic heterocycles. The molecule has 1 aliphatic heterocycles. The molecule has 2 aliphatic rings. The predicted molar refractivity (Wildman–Crippen MR) is 129 cm³/mol. The summed E-state index contributed by atoms with van der Waals surface area (Å²) < 4.78 is 17.0. The van der Waals surface area contributed by atoms with E-state index in [1.165, 1.54) is 23.3 Å². The molecule has 0 amide bonds. The van der Waals surface area contributed by atoms with Gasteiger partial charge in [-0.2, -0.15) is 0 Å². The van der Waals surface area contributed by atoms with Crippen molar-refractivity contribution in [2.45, 2.75) is 64.3 Å². The van der Waals surface area contributed by atoms with Gasteiger partial charge in [-0.25, -0.2) is 0 Å². The minimum atomic E-state index is -0.775. The van der Waals surface area contributed by atoms with E-state index >= 15 is 0 Å². The number of ether oxygens (including phenoxy) is 3. The number of likely N-dealkylation sites (N-methyl/N-ethyl adjacent to an activating group) is 1. The van der Waals surface area contributed by atoms with Crippen molar-refractivity contribution < 1.29 is 28.7 Å². The van der Waals surface area contributed by atoms with Crippen LogP contribution in [0.15, 0.2) is 36.4 Å². The molecule has 0 saturated heterocycles. The van der Waals surface area contributed by atoms with E-state index in [1.807, 2.05) is 24.1 Å². The van der Waals surface area contributed by atoms with Crippen LogP contribution >= 0.6 is 0 Å². The fourth-order valence-corrected chi connectivity index (χ4v) is 5.07. The van der Waals surface area contributed by atoms with Crippen molar-refractivity contribution in [2.24, 2.45) is 0 Å². The molecule has 0 bridgehead atoms. The van der Waals surface area contributed by atoms with Crippen LogP contribution in [0.2, 0.25) is 0 Å². The lowest BCUT2D eigenvalue weighted by Crippen LogP contribution is -2.59. The number of carbonyl (C=O) groups is 2. The lowest BCUT2D eigenvalue weighted by molar-refractivity contribution is -0.384. The lowest BCUT2D eigenvalue weighted by Gasteiger charge is -2.49. The molecular weight excluding hydrogens is 452 g/mol. The van der Waals surface area contributed by atoms with Gasteiger partial charge in [-0.1, -0.05) is 38.1 Å². The van der Waals surface area contributed by atoms with E-state index in [4.69, 9.17) is 14.2 Å². The third kappa shape index (κ3) is 4.42. The van der Waals surface area contributed by atoms with Crippen molar-refractivity contribution in [3.8, 4) is 5.75 Å². The Bertz CT molecular complexity index is 1190. The van der Waals surface area contributed by atoms with Crippen LogP contribution in [0.25, 0.3) is 0 Å². The van der Waals surface area contributed by atoms with Gasteiger partial charge in [-0.05, 0) is 25.0 Å². The molecule has 186 valence electrons. The molecule has 9 heteroatoms. The number of non-ortho nitro benzene ring substituents is 1. The van der Waals surface area contributed by atoms with Crippen molar-refractivity contribution in [1.82, 2.24) is 0 Å². The minimum Gasteiger partial charge on any atom is -0.482 e. The molecule has 1 spiro atoms. The maximum atomic E-state index is 12.3. The van der Waals surface area contributed by atoms with Gasteiger partial charge in [0.05, 0.1) is 23.3 Å². The number of carbonyl (C=O) groups excluding carboxylic acids is 2. The summed E-state index contributed by atoms with van der Waals surface area (Å²) >= 11 is 0. The maximum absolute atomic E-state index is 12.3. The highest BCUT2D eigenvalue weighted by atomic mass is 16.6. The van der Waals surface area contributed by atoms with Crippen LogP contribution in [0.1, 0.15) is 50.8 Å². The van der Waals surface area contributed by atoms with Crippen molar-refractivity contribution in [3.63, 3.8) is 0 Å². The van der Waals surface area contributed by atoms with E-state index in [1.54, 1.807) is 13.8 Å². The second kappa shape index (κ2) is 8.87. The molecule has 1 aliphatic carbocycles. The van der Waals surface area contributed by atoms with E-state index in [2.05, 4.69) is 26.0 Å². The van der Waals surface area contributed by atoms with Gasteiger partial charge in [0.1, 0.15) is 18.6 Å². The number of nitro groups is 1. The summed E-state index contributed by atoms with van der Waals surface area (Å²) in [5.74, 6) is -1.02. The molecule has 4 rings (SSSR count). The van der Waals surface area contributed by atoms with E-state index in [0.717, 1.165) is 0 Å². The molecule has 1 atom stereocenters. The smallest absolute Gasteiger partial charge is 0.317 e. The number of hydrogen-bond acceptors (Lipinski definition) is 8. The van der Waals surface area contributed by atoms with Crippen molar-refractivity contribution >= 4 is 23.3 Å². The molecule has 9 nitrogen and oxygen atoms in total. The van der Waals surface area contributed by atoms with Crippen LogP contribution < -0.4 is 9.64 Å². The molecule has 0 N–H and O–H groups in total. The molecule has 0 radical (unpaired) electrons. The number of fused-ring (bicyclic) bond motifs is 2. The quantitative estimate of drug-likeness (QED) is 0.262. The van der Waals surface area contributed by atoms with Gasteiger partial charge >= 0.3 is 11.9 Å². The van der Waals surface area contributed by atoms with Crippen LogP contribution in [0, 0.1) is 10.1 Å². The van der Waals surface area contributed by atoms with Crippen LogP contribution in [0.3, 0.4) is 0 Å². The first-order valence-corrected chi connectivity index (χ1v) is 11.6. The van der Waals surface area contributed by atoms with E-state index in [-0.39, 0.29) is 23.8 Å². The molecule has 0 fully saturated rings. The minimum absolute atomic E-state index is 0.130. The first-order chi connectivity index (χ1) is 16.4. The Morgan fingerprint density at radius 1 is 1.20 bits per heavy atom. The Morgan fingerprint density at radius 3 is 2.57 bits per heavy atom. The zero-order valence-electron chi connectivity index (χ0n) is 20.6. The van der Waals surface area contributed by atoms with Crippen LogP contribution in [0.5, 0.6) is 5.75 Å². The highest BCUT2D eigenvalue weighted by Crippen LogP contribution is 2.53. The van der Waals surface area contributed by atoms with E-state index in [9.17, 15) is 19.7 Å². The topological polar surface area (TPSA) is 108 Å². The summed E-state index contributed by atoms with van der Waals surface area (Å²) in [7, 11) is 1.88. The van der Waals surface area contributed by atoms with Crippen LogP contribution in [-0.2, 0) is 37.5 Å². The number of hydrogen-bond donors (Lipinski definition) is 0. The average Bonchev–Trinajstić information content (AvgIpc) is 2.97. The second-order valence-corrected chi connectivity index (χ2v) is 10.00. The molecule has 35 heavy (non-hydrogen) atoms. The molecule has 1 unspecified atom stereocenters. The van der Waals surface area contributed by atoms with Crippen molar-refractivity contribution in [3.05, 3.63) is 63.2 Å². The second-order valence-electron chi connectivity index (χ2n) is 10.00. The number of anilines is 1. The van der Waals surface area contributed by atoms with Gasteiger partial charge in [0.2, 0.25) is 0 Å². The number of rotatable bonds is 6. The normalized spacial score (nSPS) is 19.7. The number of benzene rings is 2. The standard InChI is InChI=1S/C26H30N2O7/c1-16(2)34-23(30)12-22(29)33-14-18-10-19(28(31)32)11-21-24(18)35-26(15-27(21)5)13-17-8-6-7-9-20(17)25(26,3)4/h6-11,16H,12-15H2,1-5H3. The summed E-state index contributed by atoms with van der Waals surface area (Å²) in [5.41, 5.74) is 2.25. The molecular formula is C26H30N2O7. The third-order valence-electron chi connectivity index (χ3n) is 6.89. The van der Waals surface area contributed by atoms with E-state index < -0.39 is 28.9 Å². The first-order valence-electron chi connectivity index (χ1n) is 11.6. The Balaban J connectivity index is 1.66. The SMILES string of the molecule is CC(C)OC(=O)CC(=O)OCc1cc([N+](=O)[O-])cc2c1OC1(Cc3ccccc3C1(C)C)CN2C. The molecule has 2 aromatic carbocycles. The van der Waals surface area contributed by atoms with Crippen LogP contribution in [0.4, 0.5) is 11.4 Å². The van der Waals surface area contributed by atoms with Gasteiger partial charge in [0, 0.05) is 36.6 Å². The largest absolute Gasteiger partial charge is 0.482 e. The molecule has 0 saturated carbocycles. The molecule has 2 aromatic rings. The van der Waals surface area contributed by atoms with Crippen LogP contribution in [-0.4, -0.2) is 42.2 Å². The Labute approximate surface area is 204 Å². The van der Waals surface area contributed by atoms with E-state index in [0.29, 0.717) is 30.0 Å². The zero-order chi connectivity index (χ0) is 25.5. The average molecular weight is 483 g/mol. The van der Waals surface area contributed by atoms with Gasteiger partial charge in [-0.3, -0.25) is 19.7 Å². The van der Waals surface area contributed by atoms with Gasteiger partial charge in [0.25, 0.3) is 5.69 Å². The maximum Gasteiger partial charge on any atom is 0.317 e. The summed E-state index contributed by atoms with van der Waals surface area (Å²) in [6.07, 6.45) is -0.211. The highest BCUT2D eigenvalue weighted by Gasteiger charge is 2.57. The summed E-state index contributed by atoms with van der Waals surface area (Å²) in [5, 5.41) is 11.6. The predicted octanol–water partition coefficient (Wildman–Crippen LogP) is 4.08. The fraction of sp³-hybridized carbons (Fsp3) is 0.462. The number of nitro benzene ring substituents is 1.